The zero-order valence-electron chi connectivity index (χ0n) is 10.6. The Bertz CT molecular complexity index is 372. The van der Waals surface area contributed by atoms with E-state index in [1.54, 1.807) is 0 Å². The molecule has 0 saturated heterocycles. The van der Waals surface area contributed by atoms with Gasteiger partial charge in [0.05, 0.1) is 18.8 Å². The van der Waals surface area contributed by atoms with Gasteiger partial charge in [0.2, 0.25) is 0 Å². The van der Waals surface area contributed by atoms with Gasteiger partial charge in [0.1, 0.15) is 0 Å². The Kier molecular flexibility index (Phi) is 6.18. The molecular weight excluding hydrogens is 240 g/mol. The summed E-state index contributed by atoms with van der Waals surface area (Å²) >= 11 is 0. The fourth-order valence-corrected chi connectivity index (χ4v) is 1.44. The number of aliphatic hydroxyl groups is 1. The quantitative estimate of drug-likeness (QED) is 0.736. The van der Waals surface area contributed by atoms with E-state index in [1.165, 1.54) is 6.07 Å². The molecule has 1 unspecified atom stereocenters. The summed E-state index contributed by atoms with van der Waals surface area (Å²) in [5, 5.41) is 12.7. The average molecular weight is 259 g/mol. The first-order valence-electron chi connectivity index (χ1n) is 5.96. The first-order chi connectivity index (χ1) is 8.50. The maximum Gasteiger partial charge on any atom is 0.159 e. The molecule has 0 saturated carbocycles. The average Bonchev–Trinajstić information content (AvgIpc) is 2.31. The minimum atomic E-state index is -0.949. The third kappa shape index (κ3) is 5.08. The summed E-state index contributed by atoms with van der Waals surface area (Å²) in [4.78, 5) is 0. The summed E-state index contributed by atoms with van der Waals surface area (Å²) in [5.74, 6) is -1.86. The number of rotatable bonds is 7. The molecule has 3 nitrogen and oxygen atoms in total. The van der Waals surface area contributed by atoms with Crippen LogP contribution in [0.25, 0.3) is 0 Å². The van der Waals surface area contributed by atoms with Crippen molar-refractivity contribution in [2.45, 2.75) is 26.1 Å². The van der Waals surface area contributed by atoms with Gasteiger partial charge in [-0.25, -0.2) is 8.78 Å². The third-order valence-electron chi connectivity index (χ3n) is 2.40. The second kappa shape index (κ2) is 7.41. The lowest BCUT2D eigenvalue weighted by Crippen LogP contribution is -2.26. The maximum absolute atomic E-state index is 12.9. The molecule has 0 amide bonds. The van der Waals surface area contributed by atoms with E-state index in [-0.39, 0.29) is 12.6 Å². The van der Waals surface area contributed by atoms with Gasteiger partial charge in [0.25, 0.3) is 0 Å². The Balaban J connectivity index is 2.31. The molecule has 2 N–H and O–H groups in total. The van der Waals surface area contributed by atoms with Crippen molar-refractivity contribution in [1.29, 1.82) is 0 Å². The predicted molar refractivity (Wildman–Crippen MR) is 65.3 cm³/mol. The summed E-state index contributed by atoms with van der Waals surface area (Å²) in [6.45, 7) is 5.29. The minimum Gasteiger partial charge on any atom is -0.387 e. The van der Waals surface area contributed by atoms with Crippen molar-refractivity contribution in [3.8, 4) is 0 Å². The predicted octanol–water partition coefficient (Wildman–Crippen LogP) is 2.01. The molecule has 1 aromatic rings. The first kappa shape index (κ1) is 15.0. The van der Waals surface area contributed by atoms with Crippen LogP contribution in [0, 0.1) is 11.6 Å². The lowest BCUT2D eigenvalue weighted by molar-refractivity contribution is 0.0781. The molecule has 0 fully saturated rings. The van der Waals surface area contributed by atoms with E-state index in [0.29, 0.717) is 18.7 Å². The number of aliphatic hydroxyl groups excluding tert-OH is 1. The molecule has 102 valence electrons. The number of hydrogen-bond acceptors (Lipinski definition) is 3. The SMILES string of the molecule is CC(C)OCCNCC(O)c1ccc(F)c(F)c1. The largest absolute Gasteiger partial charge is 0.387 e. The van der Waals surface area contributed by atoms with E-state index in [1.807, 2.05) is 13.8 Å². The van der Waals surface area contributed by atoms with Gasteiger partial charge in [-0.05, 0) is 31.5 Å². The Morgan fingerprint density at radius 3 is 2.61 bits per heavy atom. The number of halogens is 2. The highest BCUT2D eigenvalue weighted by Gasteiger charge is 2.10. The topological polar surface area (TPSA) is 41.5 Å². The normalized spacial score (nSPS) is 13.0. The van der Waals surface area contributed by atoms with E-state index in [0.717, 1.165) is 12.1 Å². The monoisotopic (exact) mass is 259 g/mol. The van der Waals surface area contributed by atoms with Crippen LogP contribution in [0.15, 0.2) is 18.2 Å². The highest BCUT2D eigenvalue weighted by molar-refractivity contribution is 5.20. The van der Waals surface area contributed by atoms with Crippen LogP contribution in [-0.2, 0) is 4.74 Å². The third-order valence-corrected chi connectivity index (χ3v) is 2.40. The Labute approximate surface area is 106 Å². The number of nitrogens with one attached hydrogen (secondary N) is 1. The van der Waals surface area contributed by atoms with Crippen molar-refractivity contribution in [2.24, 2.45) is 0 Å². The fraction of sp³-hybridized carbons (Fsp3) is 0.538. The van der Waals surface area contributed by atoms with Gasteiger partial charge in [-0.2, -0.15) is 0 Å². The lowest BCUT2D eigenvalue weighted by Gasteiger charge is -2.13. The van der Waals surface area contributed by atoms with Gasteiger partial charge >= 0.3 is 0 Å². The fourth-order valence-electron chi connectivity index (χ4n) is 1.44. The molecule has 0 aliphatic carbocycles. The number of ether oxygens (including phenoxy) is 1. The van der Waals surface area contributed by atoms with E-state index in [4.69, 9.17) is 4.74 Å². The van der Waals surface area contributed by atoms with Gasteiger partial charge in [-0.15, -0.1) is 0 Å². The summed E-state index contributed by atoms with van der Waals surface area (Å²) in [7, 11) is 0. The zero-order valence-corrected chi connectivity index (χ0v) is 10.6. The van der Waals surface area contributed by atoms with Crippen LogP contribution in [0.4, 0.5) is 8.78 Å². The first-order valence-corrected chi connectivity index (χ1v) is 5.96. The van der Waals surface area contributed by atoms with Gasteiger partial charge in [-0.3, -0.25) is 0 Å². The molecule has 0 aliphatic heterocycles. The molecule has 5 heteroatoms. The minimum absolute atomic E-state index is 0.169. The van der Waals surface area contributed by atoms with Gasteiger partial charge < -0.3 is 15.2 Å². The highest BCUT2D eigenvalue weighted by atomic mass is 19.2. The summed E-state index contributed by atoms with van der Waals surface area (Å²) in [6, 6.07) is 3.39. The van der Waals surface area contributed by atoms with Gasteiger partial charge in [0.15, 0.2) is 11.6 Å². The summed E-state index contributed by atoms with van der Waals surface area (Å²) < 4.78 is 31.0. The van der Waals surface area contributed by atoms with Crippen LogP contribution in [0.5, 0.6) is 0 Å². The van der Waals surface area contributed by atoms with E-state index >= 15 is 0 Å². The molecular formula is C13H19F2NO2. The molecule has 0 bridgehead atoms. The standard InChI is InChI=1S/C13H19F2NO2/c1-9(2)18-6-5-16-8-13(17)10-3-4-11(14)12(15)7-10/h3-4,7,9,13,16-17H,5-6,8H2,1-2H3. The maximum atomic E-state index is 12.9. The van der Waals surface area contributed by atoms with Crippen LogP contribution < -0.4 is 5.32 Å². The number of benzene rings is 1. The second-order valence-corrected chi connectivity index (χ2v) is 4.31. The molecule has 1 rings (SSSR count). The lowest BCUT2D eigenvalue weighted by atomic mass is 10.1. The molecule has 1 aromatic carbocycles. The Morgan fingerprint density at radius 1 is 1.28 bits per heavy atom. The number of hydrogen-bond donors (Lipinski definition) is 2. The van der Waals surface area contributed by atoms with Crippen LogP contribution in [0.3, 0.4) is 0 Å². The van der Waals surface area contributed by atoms with Crippen molar-refractivity contribution >= 4 is 0 Å². The molecule has 0 spiro atoms. The van der Waals surface area contributed by atoms with Crippen molar-refractivity contribution < 1.29 is 18.6 Å². The molecule has 0 radical (unpaired) electrons. The molecule has 0 aromatic heterocycles. The van der Waals surface area contributed by atoms with Crippen molar-refractivity contribution in [3.05, 3.63) is 35.4 Å². The van der Waals surface area contributed by atoms with Crippen LogP contribution in [-0.4, -0.2) is 30.9 Å². The van der Waals surface area contributed by atoms with Crippen molar-refractivity contribution in [1.82, 2.24) is 5.32 Å². The molecule has 0 aliphatic rings. The van der Waals surface area contributed by atoms with Gasteiger partial charge in [0, 0.05) is 13.1 Å². The molecule has 18 heavy (non-hydrogen) atoms. The van der Waals surface area contributed by atoms with E-state index in [9.17, 15) is 13.9 Å². The second-order valence-electron chi connectivity index (χ2n) is 4.31. The summed E-state index contributed by atoms with van der Waals surface area (Å²) in [5.41, 5.74) is 0.353. The van der Waals surface area contributed by atoms with Crippen LogP contribution >= 0.6 is 0 Å². The smallest absolute Gasteiger partial charge is 0.159 e. The van der Waals surface area contributed by atoms with Gasteiger partial charge in [-0.1, -0.05) is 6.07 Å². The summed E-state index contributed by atoms with van der Waals surface area (Å²) in [6.07, 6.45) is -0.693. The highest BCUT2D eigenvalue weighted by Crippen LogP contribution is 2.15. The van der Waals surface area contributed by atoms with Crippen molar-refractivity contribution in [2.75, 3.05) is 19.7 Å². The van der Waals surface area contributed by atoms with Crippen molar-refractivity contribution in [3.63, 3.8) is 0 Å². The molecule has 1 atom stereocenters. The molecule has 0 heterocycles. The van der Waals surface area contributed by atoms with Crippen LogP contribution in [0.1, 0.15) is 25.5 Å². The van der Waals surface area contributed by atoms with E-state index < -0.39 is 17.7 Å². The van der Waals surface area contributed by atoms with Crippen LogP contribution in [0.2, 0.25) is 0 Å². The Morgan fingerprint density at radius 2 is 2.00 bits per heavy atom. The van der Waals surface area contributed by atoms with E-state index in [2.05, 4.69) is 5.32 Å². The Hall–Kier alpha value is -1.04. The zero-order chi connectivity index (χ0) is 13.5.